The van der Waals surface area contributed by atoms with Crippen LogP contribution in [0.5, 0.6) is 0 Å². The molecule has 0 aliphatic heterocycles. The molecule has 0 bridgehead atoms. The van der Waals surface area contributed by atoms with Crippen molar-refractivity contribution < 1.29 is 9.59 Å². The Kier molecular flexibility index (Phi) is 4.30. The topological polar surface area (TPSA) is 74.0 Å². The highest BCUT2D eigenvalue weighted by Crippen LogP contribution is 2.18. The molecule has 5 nitrogen and oxygen atoms in total. The van der Waals surface area contributed by atoms with Gasteiger partial charge in [-0.05, 0) is 35.7 Å². The van der Waals surface area contributed by atoms with Crippen molar-refractivity contribution in [3.63, 3.8) is 0 Å². The standard InChI is InChI=1S/C19H15N3O2/c1-2-10-21-19(24)15-5-3-4-6-16(15)22-18(23)14-8-7-13-9-11-20-17(13)12-14/h1,3-9,11-12,20H,10H2,(H,21,24)(H,22,23). The maximum absolute atomic E-state index is 12.5. The van der Waals surface area contributed by atoms with Crippen LogP contribution in [-0.2, 0) is 0 Å². The summed E-state index contributed by atoms with van der Waals surface area (Å²) in [7, 11) is 0. The minimum Gasteiger partial charge on any atom is -0.361 e. The van der Waals surface area contributed by atoms with Crippen LogP contribution in [0.4, 0.5) is 5.69 Å². The van der Waals surface area contributed by atoms with Gasteiger partial charge in [0, 0.05) is 17.3 Å². The first-order valence-electron chi connectivity index (χ1n) is 7.38. The van der Waals surface area contributed by atoms with Crippen molar-refractivity contribution in [2.75, 3.05) is 11.9 Å². The molecule has 0 saturated carbocycles. The number of aromatic amines is 1. The van der Waals surface area contributed by atoms with Gasteiger partial charge in [0.1, 0.15) is 0 Å². The molecule has 2 amide bonds. The summed E-state index contributed by atoms with van der Waals surface area (Å²) in [6.07, 6.45) is 6.97. The third-order valence-corrected chi connectivity index (χ3v) is 3.59. The zero-order valence-electron chi connectivity index (χ0n) is 12.8. The van der Waals surface area contributed by atoms with Gasteiger partial charge in [-0.2, -0.15) is 0 Å². The number of anilines is 1. The van der Waals surface area contributed by atoms with Gasteiger partial charge in [-0.3, -0.25) is 9.59 Å². The number of carbonyl (C=O) groups is 2. The predicted octanol–water partition coefficient (Wildman–Crippen LogP) is 2.78. The minimum absolute atomic E-state index is 0.130. The number of H-pyrrole nitrogens is 1. The highest BCUT2D eigenvalue weighted by Gasteiger charge is 2.14. The molecular formula is C19H15N3O2. The summed E-state index contributed by atoms with van der Waals surface area (Å²) in [5.41, 5.74) is 2.18. The quantitative estimate of drug-likeness (QED) is 0.647. The van der Waals surface area contributed by atoms with Crippen LogP contribution < -0.4 is 10.6 Å². The van der Waals surface area contributed by atoms with Gasteiger partial charge in [0.15, 0.2) is 0 Å². The Hall–Kier alpha value is -3.52. The Labute approximate surface area is 139 Å². The molecule has 0 aliphatic rings. The molecule has 0 spiro atoms. The van der Waals surface area contributed by atoms with Crippen LogP contribution in [0.15, 0.2) is 54.7 Å². The Morgan fingerprint density at radius 2 is 1.92 bits per heavy atom. The fourth-order valence-corrected chi connectivity index (χ4v) is 2.40. The molecular weight excluding hydrogens is 302 g/mol. The zero-order chi connectivity index (χ0) is 16.9. The number of benzene rings is 2. The van der Waals surface area contributed by atoms with Gasteiger partial charge in [0.05, 0.1) is 17.8 Å². The van der Waals surface area contributed by atoms with Gasteiger partial charge in [-0.25, -0.2) is 0 Å². The normalized spacial score (nSPS) is 10.1. The maximum atomic E-state index is 12.5. The zero-order valence-corrected chi connectivity index (χ0v) is 12.8. The van der Waals surface area contributed by atoms with E-state index in [1.807, 2.05) is 18.3 Å². The van der Waals surface area contributed by atoms with E-state index < -0.39 is 0 Å². The largest absolute Gasteiger partial charge is 0.361 e. The Morgan fingerprint density at radius 3 is 2.75 bits per heavy atom. The molecule has 0 unspecified atom stereocenters. The van der Waals surface area contributed by atoms with Crippen molar-refractivity contribution in [1.82, 2.24) is 10.3 Å². The molecule has 1 heterocycles. The lowest BCUT2D eigenvalue weighted by atomic mass is 10.1. The van der Waals surface area contributed by atoms with E-state index in [1.54, 1.807) is 36.4 Å². The Morgan fingerprint density at radius 1 is 1.08 bits per heavy atom. The molecule has 0 saturated heterocycles. The SMILES string of the molecule is C#CCNC(=O)c1ccccc1NC(=O)c1ccc2cc[nH]c2c1. The Balaban J connectivity index is 1.84. The smallest absolute Gasteiger partial charge is 0.255 e. The van der Waals surface area contributed by atoms with Gasteiger partial charge >= 0.3 is 0 Å². The number of amides is 2. The highest BCUT2D eigenvalue weighted by atomic mass is 16.2. The summed E-state index contributed by atoms with van der Waals surface area (Å²) >= 11 is 0. The van der Waals surface area contributed by atoms with Gasteiger partial charge in [-0.1, -0.05) is 24.1 Å². The average Bonchev–Trinajstić information content (AvgIpc) is 3.07. The summed E-state index contributed by atoms with van der Waals surface area (Å²) < 4.78 is 0. The summed E-state index contributed by atoms with van der Waals surface area (Å²) in [5, 5.41) is 6.40. The molecule has 0 aliphatic carbocycles. The molecule has 0 fully saturated rings. The second kappa shape index (κ2) is 6.71. The van der Waals surface area contributed by atoms with E-state index in [0.717, 1.165) is 10.9 Å². The van der Waals surface area contributed by atoms with E-state index in [9.17, 15) is 9.59 Å². The van der Waals surface area contributed by atoms with Crippen molar-refractivity contribution in [3.05, 3.63) is 65.9 Å². The molecule has 0 atom stereocenters. The van der Waals surface area contributed by atoms with Crippen LogP contribution in [0.3, 0.4) is 0 Å². The molecule has 3 N–H and O–H groups in total. The van der Waals surface area contributed by atoms with Crippen LogP contribution in [0.2, 0.25) is 0 Å². The van der Waals surface area contributed by atoms with E-state index in [2.05, 4.69) is 21.5 Å². The second-order valence-corrected chi connectivity index (χ2v) is 5.17. The highest BCUT2D eigenvalue weighted by molar-refractivity contribution is 6.10. The lowest BCUT2D eigenvalue weighted by Gasteiger charge is -2.10. The number of hydrogen-bond acceptors (Lipinski definition) is 2. The maximum Gasteiger partial charge on any atom is 0.255 e. The van der Waals surface area contributed by atoms with Crippen LogP contribution in [0, 0.1) is 12.3 Å². The van der Waals surface area contributed by atoms with E-state index in [0.29, 0.717) is 16.8 Å². The summed E-state index contributed by atoms with van der Waals surface area (Å²) in [4.78, 5) is 27.7. The number of hydrogen-bond donors (Lipinski definition) is 3. The lowest BCUT2D eigenvalue weighted by Crippen LogP contribution is -2.25. The monoisotopic (exact) mass is 317 g/mol. The van der Waals surface area contributed by atoms with E-state index in [-0.39, 0.29) is 18.4 Å². The van der Waals surface area contributed by atoms with Crippen molar-refractivity contribution in [3.8, 4) is 12.3 Å². The number of nitrogens with one attached hydrogen (secondary N) is 3. The molecule has 3 rings (SSSR count). The van der Waals surface area contributed by atoms with Crippen LogP contribution >= 0.6 is 0 Å². The first-order chi connectivity index (χ1) is 11.7. The molecule has 0 radical (unpaired) electrons. The van der Waals surface area contributed by atoms with Crippen LogP contribution in [0.1, 0.15) is 20.7 Å². The number of carbonyl (C=O) groups excluding carboxylic acids is 2. The molecule has 118 valence electrons. The fraction of sp³-hybridized carbons (Fsp3) is 0.0526. The van der Waals surface area contributed by atoms with Gasteiger partial charge in [0.25, 0.3) is 11.8 Å². The summed E-state index contributed by atoms with van der Waals surface area (Å²) in [6, 6.07) is 14.1. The van der Waals surface area contributed by atoms with Crippen molar-refractivity contribution in [1.29, 1.82) is 0 Å². The summed E-state index contributed by atoms with van der Waals surface area (Å²) in [6.45, 7) is 0.130. The molecule has 1 aromatic heterocycles. The number of aromatic nitrogens is 1. The first-order valence-corrected chi connectivity index (χ1v) is 7.38. The number of terminal acetylenes is 1. The van der Waals surface area contributed by atoms with Crippen molar-refractivity contribution in [2.45, 2.75) is 0 Å². The van der Waals surface area contributed by atoms with Crippen LogP contribution in [0.25, 0.3) is 10.9 Å². The molecule has 24 heavy (non-hydrogen) atoms. The van der Waals surface area contributed by atoms with Crippen molar-refractivity contribution in [2.24, 2.45) is 0 Å². The van der Waals surface area contributed by atoms with E-state index in [1.165, 1.54) is 0 Å². The van der Waals surface area contributed by atoms with Gasteiger partial charge < -0.3 is 15.6 Å². The van der Waals surface area contributed by atoms with Gasteiger partial charge in [0.2, 0.25) is 0 Å². The third kappa shape index (κ3) is 3.13. The Bertz CT molecular complexity index is 950. The molecule has 2 aromatic carbocycles. The fourth-order valence-electron chi connectivity index (χ4n) is 2.40. The third-order valence-electron chi connectivity index (χ3n) is 3.59. The molecule has 3 aromatic rings. The van der Waals surface area contributed by atoms with E-state index >= 15 is 0 Å². The minimum atomic E-state index is -0.330. The van der Waals surface area contributed by atoms with E-state index in [4.69, 9.17) is 6.42 Å². The van der Waals surface area contributed by atoms with Gasteiger partial charge in [-0.15, -0.1) is 6.42 Å². The predicted molar refractivity (Wildman–Crippen MR) is 93.9 cm³/mol. The average molecular weight is 317 g/mol. The number of rotatable bonds is 4. The number of para-hydroxylation sites is 1. The first kappa shape index (κ1) is 15.4. The lowest BCUT2D eigenvalue weighted by molar-refractivity contribution is 0.0959. The van der Waals surface area contributed by atoms with Crippen molar-refractivity contribution >= 4 is 28.4 Å². The molecule has 5 heteroatoms. The summed E-state index contributed by atoms with van der Waals surface area (Å²) in [5.74, 6) is 1.73. The second-order valence-electron chi connectivity index (χ2n) is 5.17. The number of fused-ring (bicyclic) bond motifs is 1. The van der Waals surface area contributed by atoms with Crippen LogP contribution in [-0.4, -0.2) is 23.3 Å².